The highest BCUT2D eigenvalue weighted by atomic mass is 16.4. The van der Waals surface area contributed by atoms with Crippen LogP contribution < -0.4 is 10.6 Å². The third-order valence-electron chi connectivity index (χ3n) is 2.50. The number of nitrogens with zero attached hydrogens (tertiary/aromatic N) is 4. The molecule has 1 aromatic rings. The Labute approximate surface area is 92.5 Å². The summed E-state index contributed by atoms with van der Waals surface area (Å²) < 4.78 is 0. The normalized spacial score (nSPS) is 16.2. The lowest BCUT2D eigenvalue weighted by Gasteiger charge is -2.32. The Balaban J connectivity index is 2.01. The van der Waals surface area contributed by atoms with Gasteiger partial charge in [0.2, 0.25) is 5.95 Å². The number of hydrogen-bond acceptors (Lipinski definition) is 5. The van der Waals surface area contributed by atoms with Crippen LogP contribution in [0.5, 0.6) is 0 Å². The van der Waals surface area contributed by atoms with Crippen LogP contribution in [0.15, 0.2) is 12.3 Å². The minimum atomic E-state index is -0.881. The summed E-state index contributed by atoms with van der Waals surface area (Å²) in [6, 6.07) is 1.62. The fourth-order valence-corrected chi connectivity index (χ4v) is 1.61. The van der Waals surface area contributed by atoms with E-state index >= 15 is 0 Å². The van der Waals surface area contributed by atoms with Crippen molar-refractivity contribution in [2.24, 2.45) is 0 Å². The number of anilines is 2. The summed E-state index contributed by atoms with van der Waals surface area (Å²) in [5.74, 6) is 0.982. The van der Waals surface area contributed by atoms with E-state index in [4.69, 9.17) is 10.8 Å². The van der Waals surface area contributed by atoms with Crippen LogP contribution in [0.2, 0.25) is 0 Å². The molecular weight excluding hydrogens is 210 g/mol. The lowest BCUT2D eigenvalue weighted by atomic mass is 10.3. The SMILES string of the molecule is Nc1ccnc(N2CCN(C(=O)O)CC2)n1. The molecule has 86 valence electrons. The molecule has 7 heteroatoms. The Kier molecular flexibility index (Phi) is 2.76. The summed E-state index contributed by atoms with van der Waals surface area (Å²) in [7, 11) is 0. The molecule has 7 nitrogen and oxygen atoms in total. The number of rotatable bonds is 1. The standard InChI is InChI=1S/C9H13N5O2/c10-7-1-2-11-8(12-7)13-3-5-14(6-4-13)9(15)16/h1-2H,3-6H2,(H,15,16)(H2,10,11,12). The first-order valence-corrected chi connectivity index (χ1v) is 4.98. The van der Waals surface area contributed by atoms with Gasteiger partial charge >= 0.3 is 6.09 Å². The van der Waals surface area contributed by atoms with Gasteiger partial charge in [-0.1, -0.05) is 0 Å². The van der Waals surface area contributed by atoms with Crippen molar-refractivity contribution >= 4 is 17.9 Å². The molecule has 1 saturated heterocycles. The minimum absolute atomic E-state index is 0.422. The molecule has 1 aliphatic rings. The summed E-state index contributed by atoms with van der Waals surface area (Å²) >= 11 is 0. The maximum atomic E-state index is 10.7. The van der Waals surface area contributed by atoms with E-state index in [9.17, 15) is 4.79 Å². The van der Waals surface area contributed by atoms with Gasteiger partial charge in [-0.3, -0.25) is 0 Å². The van der Waals surface area contributed by atoms with E-state index in [-0.39, 0.29) is 0 Å². The zero-order chi connectivity index (χ0) is 11.5. The number of nitrogen functional groups attached to an aromatic ring is 1. The molecule has 1 aromatic heterocycles. The minimum Gasteiger partial charge on any atom is -0.465 e. The average Bonchev–Trinajstić information content (AvgIpc) is 2.29. The molecule has 2 rings (SSSR count). The van der Waals surface area contributed by atoms with Crippen LogP contribution in [0.1, 0.15) is 0 Å². The van der Waals surface area contributed by atoms with Crippen LogP contribution in [-0.4, -0.2) is 52.2 Å². The number of piperazine rings is 1. The van der Waals surface area contributed by atoms with Crippen molar-refractivity contribution in [3.8, 4) is 0 Å². The highest BCUT2D eigenvalue weighted by molar-refractivity contribution is 5.65. The largest absolute Gasteiger partial charge is 0.465 e. The second-order valence-electron chi connectivity index (χ2n) is 3.54. The molecule has 0 aromatic carbocycles. The smallest absolute Gasteiger partial charge is 0.407 e. The number of hydrogen-bond donors (Lipinski definition) is 2. The van der Waals surface area contributed by atoms with E-state index < -0.39 is 6.09 Å². The first-order chi connectivity index (χ1) is 7.66. The Morgan fingerprint density at radius 3 is 2.62 bits per heavy atom. The molecule has 0 saturated carbocycles. The number of aromatic nitrogens is 2. The quantitative estimate of drug-likeness (QED) is 0.688. The van der Waals surface area contributed by atoms with Crippen molar-refractivity contribution in [3.63, 3.8) is 0 Å². The Morgan fingerprint density at radius 1 is 1.38 bits per heavy atom. The zero-order valence-electron chi connectivity index (χ0n) is 8.70. The van der Waals surface area contributed by atoms with Crippen LogP contribution in [0.25, 0.3) is 0 Å². The van der Waals surface area contributed by atoms with Gasteiger partial charge in [-0.2, -0.15) is 4.98 Å². The Hall–Kier alpha value is -2.05. The molecule has 1 amide bonds. The third-order valence-corrected chi connectivity index (χ3v) is 2.50. The van der Waals surface area contributed by atoms with Crippen molar-refractivity contribution in [2.45, 2.75) is 0 Å². The first kappa shape index (κ1) is 10.5. The number of carbonyl (C=O) groups is 1. The summed E-state index contributed by atoms with van der Waals surface area (Å²) in [5.41, 5.74) is 5.56. The van der Waals surface area contributed by atoms with Crippen molar-refractivity contribution in [2.75, 3.05) is 36.8 Å². The summed E-state index contributed by atoms with van der Waals surface area (Å²) in [6.45, 7) is 2.12. The van der Waals surface area contributed by atoms with E-state index in [0.29, 0.717) is 37.9 Å². The highest BCUT2D eigenvalue weighted by Crippen LogP contribution is 2.11. The molecule has 0 atom stereocenters. The van der Waals surface area contributed by atoms with Crippen LogP contribution in [0.4, 0.5) is 16.6 Å². The van der Waals surface area contributed by atoms with E-state index in [0.717, 1.165) is 0 Å². The molecule has 0 bridgehead atoms. The monoisotopic (exact) mass is 223 g/mol. The van der Waals surface area contributed by atoms with Gasteiger partial charge in [0.05, 0.1) is 0 Å². The van der Waals surface area contributed by atoms with Gasteiger partial charge in [0.25, 0.3) is 0 Å². The first-order valence-electron chi connectivity index (χ1n) is 4.98. The van der Waals surface area contributed by atoms with E-state index in [1.54, 1.807) is 12.3 Å². The summed E-state index contributed by atoms with van der Waals surface area (Å²) in [5, 5.41) is 8.80. The van der Waals surface area contributed by atoms with Gasteiger partial charge < -0.3 is 20.6 Å². The molecule has 0 spiro atoms. The molecule has 1 fully saturated rings. The molecule has 16 heavy (non-hydrogen) atoms. The van der Waals surface area contributed by atoms with Gasteiger partial charge in [0.15, 0.2) is 0 Å². The van der Waals surface area contributed by atoms with Gasteiger partial charge in [-0.25, -0.2) is 9.78 Å². The Bertz CT molecular complexity index is 389. The van der Waals surface area contributed by atoms with Gasteiger partial charge in [0, 0.05) is 32.4 Å². The van der Waals surface area contributed by atoms with Crippen molar-refractivity contribution in [1.82, 2.24) is 14.9 Å². The second-order valence-corrected chi connectivity index (χ2v) is 3.54. The van der Waals surface area contributed by atoms with Gasteiger partial charge in [0.1, 0.15) is 5.82 Å². The fraction of sp³-hybridized carbons (Fsp3) is 0.444. The van der Waals surface area contributed by atoms with Crippen LogP contribution in [0.3, 0.4) is 0 Å². The van der Waals surface area contributed by atoms with Crippen LogP contribution in [0, 0.1) is 0 Å². The summed E-state index contributed by atoms with van der Waals surface area (Å²) in [4.78, 5) is 22.2. The van der Waals surface area contributed by atoms with Crippen molar-refractivity contribution < 1.29 is 9.90 Å². The number of nitrogens with two attached hydrogens (primary N) is 1. The number of carboxylic acid groups (broad SMARTS) is 1. The van der Waals surface area contributed by atoms with Crippen molar-refractivity contribution in [1.29, 1.82) is 0 Å². The topological polar surface area (TPSA) is 95.6 Å². The molecular formula is C9H13N5O2. The predicted octanol–water partition coefficient (Wildman–Crippen LogP) is -0.141. The molecule has 1 aliphatic heterocycles. The fourth-order valence-electron chi connectivity index (χ4n) is 1.61. The highest BCUT2D eigenvalue weighted by Gasteiger charge is 2.21. The van der Waals surface area contributed by atoms with Gasteiger partial charge in [-0.05, 0) is 6.07 Å². The third kappa shape index (κ3) is 2.13. The molecule has 3 N–H and O–H groups in total. The lowest BCUT2D eigenvalue weighted by molar-refractivity contribution is 0.142. The van der Waals surface area contributed by atoms with Crippen LogP contribution in [-0.2, 0) is 0 Å². The Morgan fingerprint density at radius 2 is 2.06 bits per heavy atom. The molecule has 2 heterocycles. The van der Waals surface area contributed by atoms with E-state index in [1.165, 1.54) is 4.90 Å². The lowest BCUT2D eigenvalue weighted by Crippen LogP contribution is -2.48. The average molecular weight is 223 g/mol. The molecule has 0 aliphatic carbocycles. The maximum Gasteiger partial charge on any atom is 0.407 e. The summed E-state index contributed by atoms with van der Waals surface area (Å²) in [6.07, 6.45) is 0.717. The van der Waals surface area contributed by atoms with E-state index in [2.05, 4.69) is 9.97 Å². The maximum absolute atomic E-state index is 10.7. The zero-order valence-corrected chi connectivity index (χ0v) is 8.70. The predicted molar refractivity (Wildman–Crippen MR) is 58.3 cm³/mol. The molecule has 0 radical (unpaired) electrons. The second kappa shape index (κ2) is 4.21. The van der Waals surface area contributed by atoms with Crippen molar-refractivity contribution in [3.05, 3.63) is 12.3 Å². The van der Waals surface area contributed by atoms with E-state index in [1.807, 2.05) is 4.90 Å². The number of amides is 1. The van der Waals surface area contributed by atoms with Crippen LogP contribution >= 0.6 is 0 Å². The molecule has 0 unspecified atom stereocenters. The van der Waals surface area contributed by atoms with Gasteiger partial charge in [-0.15, -0.1) is 0 Å².